The molecule has 0 bridgehead atoms. The molecule has 0 spiro atoms. The van der Waals surface area contributed by atoms with Crippen LogP contribution in [0.3, 0.4) is 0 Å². The number of aromatic nitrogens is 1. The second-order valence-corrected chi connectivity index (χ2v) is 10.6. The van der Waals surface area contributed by atoms with Crippen LogP contribution in [-0.4, -0.2) is 41.4 Å². The van der Waals surface area contributed by atoms with Crippen LogP contribution in [-0.2, 0) is 32.6 Å². The topological polar surface area (TPSA) is 81.9 Å². The van der Waals surface area contributed by atoms with E-state index in [1.165, 1.54) is 0 Å². The van der Waals surface area contributed by atoms with E-state index in [2.05, 4.69) is 29.4 Å². The van der Waals surface area contributed by atoms with Crippen molar-refractivity contribution in [2.45, 2.75) is 51.1 Å². The molecule has 3 aromatic carbocycles. The molecule has 1 aliphatic carbocycles. The van der Waals surface area contributed by atoms with Gasteiger partial charge in [0.2, 0.25) is 0 Å². The summed E-state index contributed by atoms with van der Waals surface area (Å²) < 4.78 is 16.5. The summed E-state index contributed by atoms with van der Waals surface area (Å²) >= 11 is 0. The first kappa shape index (κ1) is 25.9. The van der Waals surface area contributed by atoms with E-state index in [0.717, 1.165) is 58.3 Å². The number of ether oxygens (including phenoxy) is 2. The van der Waals surface area contributed by atoms with Crippen LogP contribution in [0, 0.1) is 6.92 Å². The number of hydrogen-bond acceptors (Lipinski definition) is 6. The molecule has 1 aliphatic heterocycles. The highest BCUT2D eigenvalue weighted by Gasteiger charge is 2.52. The average Bonchev–Trinajstić information content (AvgIpc) is 3.63. The molecule has 7 heteroatoms. The largest absolute Gasteiger partial charge is 0.465 e. The van der Waals surface area contributed by atoms with Crippen molar-refractivity contribution in [2.75, 3.05) is 13.2 Å². The van der Waals surface area contributed by atoms with Crippen LogP contribution >= 0.6 is 0 Å². The van der Waals surface area contributed by atoms with Crippen LogP contribution < -0.4 is 0 Å². The highest BCUT2D eigenvalue weighted by Crippen LogP contribution is 2.49. The summed E-state index contributed by atoms with van der Waals surface area (Å²) in [6, 6.07) is 26.4. The van der Waals surface area contributed by atoms with E-state index in [4.69, 9.17) is 14.0 Å². The molecule has 0 radical (unpaired) electrons. The third-order valence-electron chi connectivity index (χ3n) is 8.04. The van der Waals surface area contributed by atoms with Crippen molar-refractivity contribution >= 4 is 12.1 Å². The molecule has 6 rings (SSSR count). The fourth-order valence-electron chi connectivity index (χ4n) is 5.51. The lowest BCUT2D eigenvalue weighted by molar-refractivity contribution is -0.146. The van der Waals surface area contributed by atoms with Gasteiger partial charge in [-0.3, -0.25) is 9.69 Å². The molecule has 0 N–H and O–H groups in total. The Morgan fingerprint density at radius 2 is 1.62 bits per heavy atom. The zero-order chi connectivity index (χ0) is 27.7. The molecule has 40 heavy (non-hydrogen) atoms. The van der Waals surface area contributed by atoms with Crippen molar-refractivity contribution in [2.24, 2.45) is 0 Å². The van der Waals surface area contributed by atoms with E-state index in [-0.39, 0.29) is 18.1 Å². The van der Waals surface area contributed by atoms with Gasteiger partial charge >= 0.3 is 12.1 Å². The standard InChI is InChI=1S/C33H32N2O5/c1-3-38-31(36)33(17-18-33)27-15-13-25(14-16-27)24-9-11-26(12-10-24)30-29(22(2)34-40-30)20-35-28(21-39-32(35)37)19-23-7-5-4-6-8-23/h4-16,28H,3,17-21H2,1-2H3. The summed E-state index contributed by atoms with van der Waals surface area (Å²) in [5.41, 5.74) is 6.34. The average molecular weight is 537 g/mol. The first-order valence-corrected chi connectivity index (χ1v) is 13.8. The van der Waals surface area contributed by atoms with Gasteiger partial charge in [0.25, 0.3) is 0 Å². The van der Waals surface area contributed by atoms with Gasteiger partial charge in [-0.05, 0) is 55.4 Å². The lowest BCUT2D eigenvalue weighted by Crippen LogP contribution is -2.34. The summed E-state index contributed by atoms with van der Waals surface area (Å²) in [6.07, 6.45) is 2.07. The molecule has 2 fully saturated rings. The Balaban J connectivity index is 1.19. The Morgan fingerprint density at radius 1 is 0.975 bits per heavy atom. The molecule has 1 saturated heterocycles. The van der Waals surface area contributed by atoms with Crippen molar-refractivity contribution in [3.63, 3.8) is 0 Å². The van der Waals surface area contributed by atoms with Crippen molar-refractivity contribution in [3.05, 3.63) is 101 Å². The zero-order valence-corrected chi connectivity index (χ0v) is 22.8. The maximum absolute atomic E-state index is 12.6. The van der Waals surface area contributed by atoms with Gasteiger partial charge in [0.05, 0.1) is 30.3 Å². The number of hydrogen-bond donors (Lipinski definition) is 0. The van der Waals surface area contributed by atoms with Gasteiger partial charge in [-0.15, -0.1) is 0 Å². The predicted octanol–water partition coefficient (Wildman–Crippen LogP) is 6.48. The molecule has 204 valence electrons. The lowest BCUT2D eigenvalue weighted by Gasteiger charge is -2.21. The maximum atomic E-state index is 12.6. The Kier molecular flexibility index (Phi) is 6.88. The second-order valence-electron chi connectivity index (χ2n) is 10.6. The number of benzene rings is 3. The molecule has 7 nitrogen and oxygen atoms in total. The van der Waals surface area contributed by atoms with Crippen LogP contribution in [0.5, 0.6) is 0 Å². The van der Waals surface area contributed by atoms with Crippen molar-refractivity contribution in [1.82, 2.24) is 10.1 Å². The van der Waals surface area contributed by atoms with E-state index >= 15 is 0 Å². The van der Waals surface area contributed by atoms with Gasteiger partial charge in [-0.1, -0.05) is 84.0 Å². The third-order valence-corrected chi connectivity index (χ3v) is 8.04. The minimum atomic E-state index is -0.471. The zero-order valence-electron chi connectivity index (χ0n) is 22.8. The van der Waals surface area contributed by atoms with E-state index in [1.54, 1.807) is 4.90 Å². The van der Waals surface area contributed by atoms with Crippen LogP contribution in [0.4, 0.5) is 4.79 Å². The molecule has 1 unspecified atom stereocenters. The van der Waals surface area contributed by atoms with E-state index in [0.29, 0.717) is 25.5 Å². The molecule has 4 aromatic rings. The minimum absolute atomic E-state index is 0.0546. The highest BCUT2D eigenvalue weighted by molar-refractivity contribution is 5.87. The molecule has 1 saturated carbocycles. The van der Waals surface area contributed by atoms with E-state index in [1.807, 2.05) is 68.4 Å². The first-order valence-electron chi connectivity index (χ1n) is 13.8. The van der Waals surface area contributed by atoms with E-state index < -0.39 is 5.41 Å². The van der Waals surface area contributed by atoms with Crippen LogP contribution in [0.15, 0.2) is 83.4 Å². The Hall–Kier alpha value is -4.39. The molecule has 1 atom stereocenters. The Morgan fingerprint density at radius 3 is 2.27 bits per heavy atom. The number of rotatable bonds is 9. The molecule has 2 aliphatic rings. The Bertz CT molecular complexity index is 1500. The highest BCUT2D eigenvalue weighted by atomic mass is 16.6. The van der Waals surface area contributed by atoms with Gasteiger partial charge in [0.15, 0.2) is 5.76 Å². The molecule has 2 heterocycles. The lowest BCUT2D eigenvalue weighted by atomic mass is 9.93. The predicted molar refractivity (Wildman–Crippen MR) is 150 cm³/mol. The molecular formula is C33H32N2O5. The molecule has 1 aromatic heterocycles. The van der Waals surface area contributed by atoms with Gasteiger partial charge in [-0.25, -0.2) is 4.79 Å². The van der Waals surface area contributed by atoms with Crippen molar-refractivity contribution in [3.8, 4) is 22.5 Å². The minimum Gasteiger partial charge on any atom is -0.465 e. The number of nitrogens with zero attached hydrogens (tertiary/aromatic N) is 2. The number of carbonyl (C=O) groups excluding carboxylic acids is 2. The molecule has 1 amide bonds. The third kappa shape index (κ3) is 4.88. The van der Waals surface area contributed by atoms with Crippen LogP contribution in [0.1, 0.15) is 42.1 Å². The molecular weight excluding hydrogens is 504 g/mol. The van der Waals surface area contributed by atoms with Gasteiger partial charge in [0.1, 0.15) is 6.61 Å². The fourth-order valence-corrected chi connectivity index (χ4v) is 5.51. The number of cyclic esters (lactones) is 1. The van der Waals surface area contributed by atoms with Gasteiger partial charge in [0, 0.05) is 11.1 Å². The second kappa shape index (κ2) is 10.6. The monoisotopic (exact) mass is 536 g/mol. The number of aryl methyl sites for hydroxylation is 1. The smallest absolute Gasteiger partial charge is 0.410 e. The quantitative estimate of drug-likeness (QED) is 0.228. The van der Waals surface area contributed by atoms with Crippen LogP contribution in [0.2, 0.25) is 0 Å². The van der Waals surface area contributed by atoms with Gasteiger partial charge < -0.3 is 14.0 Å². The summed E-state index contributed by atoms with van der Waals surface area (Å²) in [6.45, 7) is 4.86. The SMILES string of the molecule is CCOC(=O)C1(c2ccc(-c3ccc(-c4onc(C)c4CN4C(=O)OCC4Cc4ccccc4)cc3)cc2)CC1. The normalized spacial score (nSPS) is 17.5. The summed E-state index contributed by atoms with van der Waals surface area (Å²) in [5.74, 6) is 0.529. The number of carbonyl (C=O) groups is 2. The van der Waals surface area contributed by atoms with E-state index in [9.17, 15) is 9.59 Å². The fraction of sp³-hybridized carbons (Fsp3) is 0.303. The number of esters is 1. The van der Waals surface area contributed by atoms with Crippen molar-refractivity contribution in [1.29, 1.82) is 0 Å². The van der Waals surface area contributed by atoms with Gasteiger partial charge in [-0.2, -0.15) is 0 Å². The maximum Gasteiger partial charge on any atom is 0.410 e. The summed E-state index contributed by atoms with van der Waals surface area (Å²) in [5, 5.41) is 4.22. The first-order chi connectivity index (χ1) is 19.5. The summed E-state index contributed by atoms with van der Waals surface area (Å²) in [4.78, 5) is 26.9. The number of amides is 1. The van der Waals surface area contributed by atoms with Crippen LogP contribution in [0.25, 0.3) is 22.5 Å². The Labute approximate surface area is 233 Å². The summed E-state index contributed by atoms with van der Waals surface area (Å²) in [7, 11) is 0. The van der Waals surface area contributed by atoms with Crippen molar-refractivity contribution < 1.29 is 23.6 Å².